The number of carbonyl (C=O) groups is 1. The molecule has 0 radical (unpaired) electrons. The average molecular weight is 240 g/mol. The molecule has 2 aliphatic carbocycles. The lowest BCUT2D eigenvalue weighted by Gasteiger charge is -2.34. The molecule has 1 atom stereocenters. The highest BCUT2D eigenvalue weighted by atomic mass is 16.5. The molecule has 0 heterocycles. The minimum atomic E-state index is -0.488. The lowest BCUT2D eigenvalue weighted by atomic mass is 9.92. The molecular weight excluding hydrogens is 216 g/mol. The second-order valence-corrected chi connectivity index (χ2v) is 5.63. The van der Waals surface area contributed by atoms with E-state index in [9.17, 15) is 4.79 Å². The van der Waals surface area contributed by atoms with E-state index in [0.29, 0.717) is 5.92 Å². The van der Waals surface area contributed by atoms with Gasteiger partial charge in [-0.3, -0.25) is 0 Å². The maximum absolute atomic E-state index is 12.1. The molecule has 1 N–H and O–H groups in total. The Labute approximate surface area is 104 Å². The quantitative estimate of drug-likeness (QED) is 0.670. The molecule has 0 amide bonds. The summed E-state index contributed by atoms with van der Waals surface area (Å²) in [7, 11) is 5.47. The molecule has 2 saturated carbocycles. The molecule has 0 bridgehead atoms. The van der Waals surface area contributed by atoms with Crippen molar-refractivity contribution < 1.29 is 9.53 Å². The fraction of sp³-hybridized carbons (Fsp3) is 0.923. The van der Waals surface area contributed by atoms with Gasteiger partial charge in [0.1, 0.15) is 5.54 Å². The van der Waals surface area contributed by atoms with Crippen LogP contribution in [0.4, 0.5) is 0 Å². The number of carbonyl (C=O) groups excluding carboxylic acids is 1. The third-order valence-corrected chi connectivity index (χ3v) is 4.06. The second kappa shape index (κ2) is 4.94. The number of methoxy groups -OCH3 is 1. The molecule has 17 heavy (non-hydrogen) atoms. The Morgan fingerprint density at radius 2 is 2.06 bits per heavy atom. The van der Waals surface area contributed by atoms with Crippen LogP contribution >= 0.6 is 0 Å². The van der Waals surface area contributed by atoms with Crippen molar-refractivity contribution in [1.82, 2.24) is 10.2 Å². The van der Waals surface area contributed by atoms with Crippen LogP contribution in [0, 0.1) is 11.8 Å². The van der Waals surface area contributed by atoms with Gasteiger partial charge >= 0.3 is 5.97 Å². The van der Waals surface area contributed by atoms with E-state index in [1.807, 2.05) is 7.05 Å². The number of hydrogen-bond donors (Lipinski definition) is 1. The van der Waals surface area contributed by atoms with Gasteiger partial charge in [-0.05, 0) is 51.6 Å². The van der Waals surface area contributed by atoms with Gasteiger partial charge < -0.3 is 15.0 Å². The van der Waals surface area contributed by atoms with E-state index in [1.165, 1.54) is 20.0 Å². The third kappa shape index (κ3) is 2.80. The molecule has 2 rings (SSSR count). The van der Waals surface area contributed by atoms with Crippen LogP contribution in [0.5, 0.6) is 0 Å². The standard InChI is InChI=1S/C13H24N2O2/c1-14-13(11-6-7-11,12(16)17-3)9-15(2)8-10-4-5-10/h10-11,14H,4-9H2,1-3H3. The molecule has 0 aromatic rings. The van der Waals surface area contributed by atoms with Gasteiger partial charge in [-0.1, -0.05) is 0 Å². The largest absolute Gasteiger partial charge is 0.468 e. The molecule has 0 aromatic heterocycles. The van der Waals surface area contributed by atoms with E-state index in [4.69, 9.17) is 4.74 Å². The van der Waals surface area contributed by atoms with Gasteiger partial charge in [0.25, 0.3) is 0 Å². The van der Waals surface area contributed by atoms with Gasteiger partial charge in [0.05, 0.1) is 7.11 Å². The first-order valence-corrected chi connectivity index (χ1v) is 6.58. The van der Waals surface area contributed by atoms with Crippen LogP contribution < -0.4 is 5.32 Å². The first kappa shape index (κ1) is 12.8. The fourth-order valence-corrected chi connectivity index (χ4v) is 2.74. The van der Waals surface area contributed by atoms with Crippen molar-refractivity contribution in [2.24, 2.45) is 11.8 Å². The smallest absolute Gasteiger partial charge is 0.327 e. The zero-order valence-corrected chi connectivity index (χ0v) is 11.2. The number of nitrogens with zero attached hydrogens (tertiary/aromatic N) is 1. The molecule has 1 unspecified atom stereocenters. The van der Waals surface area contributed by atoms with E-state index in [-0.39, 0.29) is 5.97 Å². The van der Waals surface area contributed by atoms with Gasteiger partial charge in [-0.15, -0.1) is 0 Å². The van der Waals surface area contributed by atoms with E-state index in [1.54, 1.807) is 0 Å². The maximum Gasteiger partial charge on any atom is 0.327 e. The summed E-state index contributed by atoms with van der Waals surface area (Å²) < 4.78 is 5.00. The van der Waals surface area contributed by atoms with Crippen molar-refractivity contribution in [1.29, 1.82) is 0 Å². The minimum absolute atomic E-state index is 0.106. The van der Waals surface area contributed by atoms with Gasteiger partial charge in [0.2, 0.25) is 0 Å². The molecule has 0 aliphatic heterocycles. The van der Waals surface area contributed by atoms with Crippen molar-refractivity contribution in [3.8, 4) is 0 Å². The summed E-state index contributed by atoms with van der Waals surface area (Å²) >= 11 is 0. The molecule has 0 spiro atoms. The summed E-state index contributed by atoms with van der Waals surface area (Å²) in [6.45, 7) is 1.87. The molecule has 4 nitrogen and oxygen atoms in total. The summed E-state index contributed by atoms with van der Waals surface area (Å²) in [6, 6.07) is 0. The Kier molecular flexibility index (Phi) is 3.73. The fourth-order valence-electron chi connectivity index (χ4n) is 2.74. The topological polar surface area (TPSA) is 41.6 Å². The zero-order chi connectivity index (χ0) is 12.5. The highest BCUT2D eigenvalue weighted by Gasteiger charge is 2.51. The predicted molar refractivity (Wildman–Crippen MR) is 66.8 cm³/mol. The Bertz CT molecular complexity index is 287. The summed E-state index contributed by atoms with van der Waals surface area (Å²) in [6.07, 6.45) is 4.96. The second-order valence-electron chi connectivity index (χ2n) is 5.63. The third-order valence-electron chi connectivity index (χ3n) is 4.06. The monoisotopic (exact) mass is 240 g/mol. The Hall–Kier alpha value is -0.610. The van der Waals surface area contributed by atoms with Crippen molar-refractivity contribution in [2.75, 3.05) is 34.3 Å². The number of nitrogens with one attached hydrogen (secondary N) is 1. The molecule has 2 aliphatic rings. The highest BCUT2D eigenvalue weighted by Crippen LogP contribution is 2.41. The van der Waals surface area contributed by atoms with E-state index in [2.05, 4.69) is 17.3 Å². The predicted octanol–water partition coefficient (Wildman–Crippen LogP) is 0.869. The molecule has 98 valence electrons. The minimum Gasteiger partial charge on any atom is -0.468 e. The lowest BCUT2D eigenvalue weighted by Crippen LogP contribution is -2.59. The summed E-state index contributed by atoms with van der Waals surface area (Å²) in [5, 5.41) is 3.24. The molecular formula is C13H24N2O2. The van der Waals surface area contributed by atoms with Crippen LogP contribution in [-0.4, -0.2) is 50.7 Å². The van der Waals surface area contributed by atoms with Crippen LogP contribution in [-0.2, 0) is 9.53 Å². The zero-order valence-electron chi connectivity index (χ0n) is 11.2. The van der Waals surface area contributed by atoms with Crippen molar-refractivity contribution >= 4 is 5.97 Å². The lowest BCUT2D eigenvalue weighted by molar-refractivity contribution is -0.150. The van der Waals surface area contributed by atoms with Crippen LogP contribution in [0.15, 0.2) is 0 Å². The molecule has 0 saturated heterocycles. The van der Waals surface area contributed by atoms with Gasteiger partial charge in [0, 0.05) is 13.1 Å². The number of esters is 1. The van der Waals surface area contributed by atoms with Crippen molar-refractivity contribution in [2.45, 2.75) is 31.2 Å². The summed E-state index contributed by atoms with van der Waals surface area (Å²) in [5.74, 6) is 1.19. The SMILES string of the molecule is CNC(CN(C)CC1CC1)(C(=O)OC)C1CC1. The maximum atomic E-state index is 12.1. The van der Waals surface area contributed by atoms with E-state index >= 15 is 0 Å². The van der Waals surface area contributed by atoms with Crippen molar-refractivity contribution in [3.05, 3.63) is 0 Å². The van der Waals surface area contributed by atoms with Crippen LogP contribution in [0.2, 0.25) is 0 Å². The van der Waals surface area contributed by atoms with Crippen LogP contribution in [0.1, 0.15) is 25.7 Å². The van der Waals surface area contributed by atoms with E-state index < -0.39 is 5.54 Å². The van der Waals surface area contributed by atoms with E-state index in [0.717, 1.165) is 31.8 Å². The van der Waals surface area contributed by atoms with Crippen LogP contribution in [0.3, 0.4) is 0 Å². The highest BCUT2D eigenvalue weighted by molar-refractivity contribution is 5.82. The molecule has 0 aromatic carbocycles. The first-order valence-electron chi connectivity index (χ1n) is 6.58. The molecule has 2 fully saturated rings. The number of ether oxygens (including phenoxy) is 1. The van der Waals surface area contributed by atoms with Gasteiger partial charge in [-0.2, -0.15) is 0 Å². The Balaban J connectivity index is 2.00. The van der Waals surface area contributed by atoms with Gasteiger partial charge in [0.15, 0.2) is 0 Å². The van der Waals surface area contributed by atoms with Crippen molar-refractivity contribution in [3.63, 3.8) is 0 Å². The number of rotatable bonds is 7. The van der Waals surface area contributed by atoms with Crippen LogP contribution in [0.25, 0.3) is 0 Å². The Morgan fingerprint density at radius 1 is 1.41 bits per heavy atom. The number of hydrogen-bond acceptors (Lipinski definition) is 4. The first-order chi connectivity index (χ1) is 8.12. The molecule has 4 heteroatoms. The summed E-state index contributed by atoms with van der Waals surface area (Å²) in [4.78, 5) is 14.4. The summed E-state index contributed by atoms with van der Waals surface area (Å²) in [5.41, 5.74) is -0.488. The normalized spacial score (nSPS) is 23.5. The van der Waals surface area contributed by atoms with Gasteiger partial charge in [-0.25, -0.2) is 4.79 Å². The average Bonchev–Trinajstić information content (AvgIpc) is 3.15. The number of likely N-dealkylation sites (N-methyl/N-ethyl adjacent to an activating group) is 2. The Morgan fingerprint density at radius 3 is 2.47 bits per heavy atom.